The van der Waals surface area contributed by atoms with Crippen molar-refractivity contribution in [2.24, 2.45) is 11.8 Å². The van der Waals surface area contributed by atoms with Crippen molar-refractivity contribution in [3.8, 4) is 5.88 Å². The summed E-state index contributed by atoms with van der Waals surface area (Å²) in [5, 5.41) is 6.48. The van der Waals surface area contributed by atoms with Gasteiger partial charge in [0.15, 0.2) is 0 Å². The number of carbonyl (C=O) groups excluding carboxylic acids is 1. The minimum Gasteiger partial charge on any atom is -0.481 e. The average molecular weight is 481 g/mol. The molecule has 3 aromatic rings. The van der Waals surface area contributed by atoms with Crippen molar-refractivity contribution < 1.29 is 13.9 Å². The van der Waals surface area contributed by atoms with Crippen LogP contribution in [0.1, 0.15) is 11.3 Å². The summed E-state index contributed by atoms with van der Waals surface area (Å²) in [6.07, 6.45) is 1.87. The molecule has 3 aliphatic rings. The molecule has 0 radical (unpaired) electrons. The van der Waals surface area contributed by atoms with Crippen LogP contribution in [0.3, 0.4) is 0 Å². The maximum Gasteiger partial charge on any atom is 0.235 e. The zero-order valence-electron chi connectivity index (χ0n) is 18.8. The van der Waals surface area contributed by atoms with Crippen LogP contribution in [0.4, 0.5) is 10.2 Å². The second-order valence-corrected chi connectivity index (χ2v) is 10.1. The highest BCUT2D eigenvalue weighted by Gasteiger charge is 2.55. The molecule has 0 spiro atoms. The lowest BCUT2D eigenvalue weighted by molar-refractivity contribution is -0.113. The summed E-state index contributed by atoms with van der Waals surface area (Å²) >= 11 is 1.52. The number of ether oxygens (including phenoxy) is 1. The number of likely N-dealkylation sites (tertiary alicyclic amines) is 1. The summed E-state index contributed by atoms with van der Waals surface area (Å²) in [5.74, 6) is 2.50. The monoisotopic (exact) mass is 480 g/mol. The lowest BCUT2D eigenvalue weighted by atomic mass is 10.1. The molecule has 0 aromatic carbocycles. The average Bonchev–Trinajstić information content (AvgIpc) is 3.30. The van der Waals surface area contributed by atoms with Gasteiger partial charge in [0, 0.05) is 43.9 Å². The van der Waals surface area contributed by atoms with E-state index in [1.54, 1.807) is 13.2 Å². The standard InChI is InChI=1S/C24H25FN6O2S/c1-33-21-5-3-18-23(30-21)14(17(25)9-26-18)6-7-31-10-15-16(11-31)22(15)27-8-13-2-4-19-24(28-13)29-20(32)12-34-19/h2-5,9,15-16,22,27H,6-8,10-12H2,1H3,(H,28,29,32)/t15-,16?,22?/m1/s1. The van der Waals surface area contributed by atoms with E-state index < -0.39 is 0 Å². The van der Waals surface area contributed by atoms with E-state index in [0.717, 1.165) is 30.2 Å². The SMILES string of the molecule is COc1ccc2ncc(F)c(CCN3CC4C(NCc5ccc6c(n5)NC(=O)CS6)[C@@H]4C3)c2n1. The molecule has 1 saturated carbocycles. The summed E-state index contributed by atoms with van der Waals surface area (Å²) in [7, 11) is 1.56. The highest BCUT2D eigenvalue weighted by Crippen LogP contribution is 2.45. The van der Waals surface area contributed by atoms with E-state index in [2.05, 4.69) is 30.5 Å². The van der Waals surface area contributed by atoms with E-state index in [4.69, 9.17) is 4.74 Å². The van der Waals surface area contributed by atoms with Gasteiger partial charge in [0.05, 0.1) is 40.7 Å². The Morgan fingerprint density at radius 2 is 2.09 bits per heavy atom. The number of carbonyl (C=O) groups is 1. The number of nitrogens with zero attached hydrogens (tertiary/aromatic N) is 4. The number of piperidine rings is 1. The molecule has 3 aromatic heterocycles. The number of aromatic nitrogens is 3. The first-order valence-electron chi connectivity index (χ1n) is 11.5. The number of amides is 1. The molecule has 1 saturated heterocycles. The summed E-state index contributed by atoms with van der Waals surface area (Å²) in [6, 6.07) is 8.10. The number of pyridine rings is 3. The van der Waals surface area contributed by atoms with Gasteiger partial charge in [-0.3, -0.25) is 9.78 Å². The van der Waals surface area contributed by atoms with Crippen molar-refractivity contribution in [2.75, 3.05) is 37.8 Å². The molecule has 0 bridgehead atoms. The zero-order chi connectivity index (χ0) is 23.2. The maximum atomic E-state index is 14.6. The number of anilines is 1. The van der Waals surface area contributed by atoms with Crippen LogP contribution >= 0.6 is 11.8 Å². The zero-order valence-corrected chi connectivity index (χ0v) is 19.6. The third-order valence-electron chi connectivity index (χ3n) is 6.95. The predicted octanol–water partition coefficient (Wildman–Crippen LogP) is 2.48. The fourth-order valence-electron chi connectivity index (χ4n) is 5.12. The fraction of sp³-hybridized carbons (Fsp3) is 0.417. The van der Waals surface area contributed by atoms with Crippen LogP contribution in [-0.4, -0.2) is 64.3 Å². The topological polar surface area (TPSA) is 92.3 Å². The van der Waals surface area contributed by atoms with Crippen LogP contribution in [0.5, 0.6) is 5.88 Å². The Labute approximate surface area is 200 Å². The molecule has 2 N–H and O–H groups in total. The van der Waals surface area contributed by atoms with E-state index in [1.807, 2.05) is 18.2 Å². The molecule has 8 nitrogen and oxygen atoms in total. The van der Waals surface area contributed by atoms with Gasteiger partial charge < -0.3 is 20.3 Å². The lowest BCUT2D eigenvalue weighted by Gasteiger charge is -2.20. The van der Waals surface area contributed by atoms with Gasteiger partial charge in [0.1, 0.15) is 11.6 Å². The maximum absolute atomic E-state index is 14.6. The number of hydrogen-bond acceptors (Lipinski definition) is 8. The van der Waals surface area contributed by atoms with Crippen molar-refractivity contribution in [1.82, 2.24) is 25.2 Å². The molecule has 34 heavy (non-hydrogen) atoms. The molecule has 2 fully saturated rings. The van der Waals surface area contributed by atoms with Gasteiger partial charge in [0.2, 0.25) is 11.8 Å². The predicted molar refractivity (Wildman–Crippen MR) is 127 cm³/mol. The number of halogens is 1. The van der Waals surface area contributed by atoms with Gasteiger partial charge in [-0.25, -0.2) is 14.4 Å². The van der Waals surface area contributed by atoms with Crippen LogP contribution in [0.15, 0.2) is 35.4 Å². The van der Waals surface area contributed by atoms with Gasteiger partial charge in [-0.1, -0.05) is 0 Å². The number of rotatable bonds is 7. The molecule has 176 valence electrons. The Hall–Kier alpha value is -2.82. The van der Waals surface area contributed by atoms with Crippen molar-refractivity contribution in [1.29, 1.82) is 0 Å². The number of thioether (sulfide) groups is 1. The minimum absolute atomic E-state index is 0.00138. The molecule has 3 atom stereocenters. The quantitative estimate of drug-likeness (QED) is 0.533. The lowest BCUT2D eigenvalue weighted by Crippen LogP contribution is -2.32. The Kier molecular flexibility index (Phi) is 5.59. The molecule has 1 aliphatic carbocycles. The normalized spacial score (nSPS) is 23.5. The smallest absolute Gasteiger partial charge is 0.235 e. The third-order valence-corrected chi connectivity index (χ3v) is 7.99. The van der Waals surface area contributed by atoms with E-state index in [9.17, 15) is 9.18 Å². The largest absolute Gasteiger partial charge is 0.481 e. The molecule has 2 aliphatic heterocycles. The second-order valence-electron chi connectivity index (χ2n) is 9.04. The van der Waals surface area contributed by atoms with Gasteiger partial charge in [-0.05, 0) is 36.5 Å². The first-order chi connectivity index (χ1) is 16.6. The molecule has 6 rings (SSSR count). The van der Waals surface area contributed by atoms with Crippen molar-refractivity contribution in [3.05, 3.63) is 47.5 Å². The van der Waals surface area contributed by atoms with Gasteiger partial charge in [-0.2, -0.15) is 0 Å². The van der Waals surface area contributed by atoms with E-state index in [1.165, 1.54) is 18.0 Å². The van der Waals surface area contributed by atoms with Crippen molar-refractivity contribution >= 4 is 34.5 Å². The van der Waals surface area contributed by atoms with Gasteiger partial charge >= 0.3 is 0 Å². The summed E-state index contributed by atoms with van der Waals surface area (Å²) in [5.41, 5.74) is 2.80. The number of nitrogens with one attached hydrogen (secondary N) is 2. The van der Waals surface area contributed by atoms with Crippen LogP contribution in [0.2, 0.25) is 0 Å². The molecule has 2 unspecified atom stereocenters. The first-order valence-corrected chi connectivity index (χ1v) is 12.4. The molecule has 5 heterocycles. The highest BCUT2D eigenvalue weighted by molar-refractivity contribution is 8.00. The Balaban J connectivity index is 1.03. The van der Waals surface area contributed by atoms with Crippen molar-refractivity contribution in [3.63, 3.8) is 0 Å². The van der Waals surface area contributed by atoms with E-state index >= 15 is 0 Å². The Bertz CT molecular complexity index is 1260. The Morgan fingerprint density at radius 3 is 2.91 bits per heavy atom. The fourth-order valence-corrected chi connectivity index (χ4v) is 5.88. The summed E-state index contributed by atoms with van der Waals surface area (Å²) in [6.45, 7) is 3.49. The summed E-state index contributed by atoms with van der Waals surface area (Å²) < 4.78 is 19.8. The minimum atomic E-state index is -0.315. The first kappa shape index (κ1) is 21.7. The second kappa shape index (κ2) is 8.75. The number of hydrogen-bond donors (Lipinski definition) is 2. The van der Waals surface area contributed by atoms with Crippen LogP contribution in [0.25, 0.3) is 11.0 Å². The summed E-state index contributed by atoms with van der Waals surface area (Å²) in [4.78, 5) is 28.2. The van der Waals surface area contributed by atoms with Gasteiger partial charge in [-0.15, -0.1) is 11.8 Å². The van der Waals surface area contributed by atoms with Crippen LogP contribution in [-0.2, 0) is 17.8 Å². The van der Waals surface area contributed by atoms with Crippen LogP contribution < -0.4 is 15.4 Å². The highest BCUT2D eigenvalue weighted by atomic mass is 32.2. The van der Waals surface area contributed by atoms with E-state index in [-0.39, 0.29) is 11.7 Å². The van der Waals surface area contributed by atoms with Gasteiger partial charge in [0.25, 0.3) is 0 Å². The van der Waals surface area contributed by atoms with E-state index in [0.29, 0.717) is 64.9 Å². The third kappa shape index (κ3) is 4.10. The number of fused-ring (bicyclic) bond motifs is 3. The van der Waals surface area contributed by atoms with Crippen LogP contribution in [0, 0.1) is 17.7 Å². The molecular weight excluding hydrogens is 455 g/mol. The Morgan fingerprint density at radius 1 is 1.24 bits per heavy atom. The van der Waals surface area contributed by atoms with Crippen molar-refractivity contribution in [2.45, 2.75) is 23.9 Å². The molecule has 10 heteroatoms. The molecular formula is C24H25FN6O2S. The molecule has 1 amide bonds. The number of methoxy groups -OCH3 is 1.